The molecule has 0 bridgehead atoms. The normalized spacial score (nSPS) is 15.0. The Morgan fingerprint density at radius 2 is 1.83 bits per heavy atom. The number of hydrogen-bond acceptors (Lipinski definition) is 4. The molecule has 0 atom stereocenters. The molecule has 0 N–H and O–H groups in total. The number of nitrogens with zero attached hydrogens (tertiary/aromatic N) is 3. The fourth-order valence-electron chi connectivity index (χ4n) is 3.15. The summed E-state index contributed by atoms with van der Waals surface area (Å²) >= 11 is 1.65. The summed E-state index contributed by atoms with van der Waals surface area (Å²) in [5.41, 5.74) is 1.08. The molecule has 1 saturated heterocycles. The lowest BCUT2D eigenvalue weighted by Gasteiger charge is -2.34. The van der Waals surface area contributed by atoms with Crippen molar-refractivity contribution < 1.29 is 4.79 Å². The van der Waals surface area contributed by atoms with Crippen LogP contribution < -0.4 is 4.90 Å². The van der Waals surface area contributed by atoms with Crippen LogP contribution in [0, 0.1) is 0 Å². The van der Waals surface area contributed by atoms with Gasteiger partial charge in [0.15, 0.2) is 5.13 Å². The van der Waals surface area contributed by atoms with Gasteiger partial charge in [0.1, 0.15) is 0 Å². The molecule has 2 heterocycles. The molecule has 0 unspecified atom stereocenters. The molecule has 1 fully saturated rings. The summed E-state index contributed by atoms with van der Waals surface area (Å²) in [5.74, 6) is 0.212. The van der Waals surface area contributed by atoms with E-state index in [-0.39, 0.29) is 5.91 Å². The van der Waals surface area contributed by atoms with Crippen molar-refractivity contribution in [3.63, 3.8) is 0 Å². The predicted molar refractivity (Wildman–Crippen MR) is 98.6 cm³/mol. The molecule has 5 heteroatoms. The van der Waals surface area contributed by atoms with E-state index < -0.39 is 0 Å². The standard InChI is InChI=1S/C19H19N3OS/c23-18(14-15-5-6-16-3-1-2-4-17(16)13-15)21-8-10-22(11-9-21)19-20-7-12-24-19/h1-7,12-13H,8-11,14H2. The van der Waals surface area contributed by atoms with Crippen molar-refractivity contribution in [3.8, 4) is 0 Å². The van der Waals surface area contributed by atoms with Crippen LogP contribution in [0.4, 0.5) is 5.13 Å². The fourth-order valence-corrected chi connectivity index (χ4v) is 3.85. The number of anilines is 1. The van der Waals surface area contributed by atoms with Gasteiger partial charge in [0.25, 0.3) is 0 Å². The van der Waals surface area contributed by atoms with E-state index in [4.69, 9.17) is 0 Å². The van der Waals surface area contributed by atoms with Crippen LogP contribution in [0.15, 0.2) is 54.0 Å². The van der Waals surface area contributed by atoms with Crippen LogP contribution in [-0.4, -0.2) is 42.0 Å². The van der Waals surface area contributed by atoms with Crippen LogP contribution in [0.25, 0.3) is 10.8 Å². The summed E-state index contributed by atoms with van der Waals surface area (Å²) in [7, 11) is 0. The van der Waals surface area contributed by atoms with E-state index in [1.807, 2.05) is 28.6 Å². The molecule has 1 aromatic heterocycles. The molecule has 24 heavy (non-hydrogen) atoms. The summed E-state index contributed by atoms with van der Waals surface area (Å²) < 4.78 is 0. The third-order valence-corrected chi connectivity index (χ3v) is 5.32. The Morgan fingerprint density at radius 1 is 1.04 bits per heavy atom. The second-order valence-corrected chi connectivity index (χ2v) is 6.91. The Kier molecular flexibility index (Phi) is 4.17. The number of benzene rings is 2. The Morgan fingerprint density at radius 3 is 2.58 bits per heavy atom. The Labute approximate surface area is 145 Å². The van der Waals surface area contributed by atoms with Gasteiger partial charge in [-0.25, -0.2) is 4.98 Å². The lowest BCUT2D eigenvalue weighted by Crippen LogP contribution is -2.49. The zero-order valence-electron chi connectivity index (χ0n) is 13.4. The topological polar surface area (TPSA) is 36.4 Å². The Hall–Kier alpha value is -2.40. The van der Waals surface area contributed by atoms with E-state index in [0.717, 1.165) is 36.9 Å². The Balaban J connectivity index is 1.39. The van der Waals surface area contributed by atoms with Gasteiger partial charge in [-0.2, -0.15) is 0 Å². The lowest BCUT2D eigenvalue weighted by molar-refractivity contribution is -0.130. The number of rotatable bonds is 3. The van der Waals surface area contributed by atoms with Crippen LogP contribution in [0.2, 0.25) is 0 Å². The maximum absolute atomic E-state index is 12.6. The van der Waals surface area contributed by atoms with Gasteiger partial charge >= 0.3 is 0 Å². The molecule has 2 aromatic carbocycles. The van der Waals surface area contributed by atoms with Gasteiger partial charge in [-0.15, -0.1) is 11.3 Å². The van der Waals surface area contributed by atoms with E-state index in [1.54, 1.807) is 11.3 Å². The first-order valence-electron chi connectivity index (χ1n) is 8.19. The molecule has 4 rings (SSSR count). The summed E-state index contributed by atoms with van der Waals surface area (Å²) in [5, 5.41) is 5.45. The molecule has 0 aliphatic carbocycles. The molecule has 3 aromatic rings. The molecule has 1 aliphatic heterocycles. The SMILES string of the molecule is O=C(Cc1ccc2ccccc2c1)N1CCN(c2nccs2)CC1. The second kappa shape index (κ2) is 6.61. The Bertz CT molecular complexity index is 839. The minimum atomic E-state index is 0.212. The quantitative estimate of drug-likeness (QED) is 0.736. The van der Waals surface area contributed by atoms with Crippen LogP contribution in [0.5, 0.6) is 0 Å². The first-order chi connectivity index (χ1) is 11.8. The van der Waals surface area contributed by atoms with Crippen molar-refractivity contribution in [1.29, 1.82) is 0 Å². The zero-order valence-corrected chi connectivity index (χ0v) is 14.2. The highest BCUT2D eigenvalue weighted by Crippen LogP contribution is 2.20. The van der Waals surface area contributed by atoms with Gasteiger partial charge in [-0.05, 0) is 16.3 Å². The maximum Gasteiger partial charge on any atom is 0.227 e. The lowest BCUT2D eigenvalue weighted by atomic mass is 10.0. The molecule has 4 nitrogen and oxygen atoms in total. The number of carbonyl (C=O) groups is 1. The zero-order chi connectivity index (χ0) is 16.4. The van der Waals surface area contributed by atoms with E-state index in [2.05, 4.69) is 40.2 Å². The van der Waals surface area contributed by atoms with Crippen LogP contribution in [0.1, 0.15) is 5.56 Å². The highest BCUT2D eigenvalue weighted by molar-refractivity contribution is 7.13. The summed E-state index contributed by atoms with van der Waals surface area (Å²) in [6.07, 6.45) is 2.30. The average molecular weight is 337 g/mol. The van der Waals surface area contributed by atoms with Crippen molar-refractivity contribution in [3.05, 3.63) is 59.6 Å². The molecule has 0 saturated carbocycles. The summed E-state index contributed by atoms with van der Waals surface area (Å²) in [4.78, 5) is 21.2. The third kappa shape index (κ3) is 3.12. The van der Waals surface area contributed by atoms with Crippen LogP contribution in [0.3, 0.4) is 0 Å². The van der Waals surface area contributed by atoms with Gasteiger partial charge in [0.05, 0.1) is 6.42 Å². The molecule has 1 aliphatic rings. The largest absolute Gasteiger partial charge is 0.345 e. The van der Waals surface area contributed by atoms with Crippen LogP contribution >= 0.6 is 11.3 Å². The summed E-state index contributed by atoms with van der Waals surface area (Å²) in [6.45, 7) is 3.26. The highest BCUT2D eigenvalue weighted by atomic mass is 32.1. The number of aromatic nitrogens is 1. The molecule has 122 valence electrons. The van der Waals surface area contributed by atoms with Gasteiger partial charge in [-0.3, -0.25) is 4.79 Å². The summed E-state index contributed by atoms with van der Waals surface area (Å²) in [6, 6.07) is 14.5. The van der Waals surface area contributed by atoms with Crippen molar-refractivity contribution >= 4 is 33.1 Å². The van der Waals surface area contributed by atoms with Gasteiger partial charge in [-0.1, -0.05) is 42.5 Å². The molecular weight excluding hydrogens is 318 g/mol. The second-order valence-electron chi connectivity index (χ2n) is 6.04. The van der Waals surface area contributed by atoms with Gasteiger partial charge < -0.3 is 9.80 Å². The highest BCUT2D eigenvalue weighted by Gasteiger charge is 2.22. The number of piperazine rings is 1. The predicted octanol–water partition coefficient (Wildman–Crippen LogP) is 3.19. The first kappa shape index (κ1) is 15.1. The minimum absolute atomic E-state index is 0.212. The number of thiazole rings is 1. The minimum Gasteiger partial charge on any atom is -0.345 e. The number of amides is 1. The number of carbonyl (C=O) groups excluding carboxylic acids is 1. The van der Waals surface area contributed by atoms with Crippen LogP contribution in [-0.2, 0) is 11.2 Å². The van der Waals surface area contributed by atoms with E-state index in [1.165, 1.54) is 10.8 Å². The van der Waals surface area contributed by atoms with Crippen molar-refractivity contribution in [2.24, 2.45) is 0 Å². The smallest absolute Gasteiger partial charge is 0.227 e. The van der Waals surface area contributed by atoms with E-state index in [0.29, 0.717) is 6.42 Å². The van der Waals surface area contributed by atoms with Crippen molar-refractivity contribution in [1.82, 2.24) is 9.88 Å². The van der Waals surface area contributed by atoms with Crippen molar-refractivity contribution in [2.45, 2.75) is 6.42 Å². The van der Waals surface area contributed by atoms with E-state index in [9.17, 15) is 4.79 Å². The molecule has 1 amide bonds. The first-order valence-corrected chi connectivity index (χ1v) is 9.07. The van der Waals surface area contributed by atoms with Crippen molar-refractivity contribution in [2.75, 3.05) is 31.1 Å². The van der Waals surface area contributed by atoms with Gasteiger partial charge in [0.2, 0.25) is 5.91 Å². The van der Waals surface area contributed by atoms with E-state index >= 15 is 0 Å². The maximum atomic E-state index is 12.6. The molecule has 0 radical (unpaired) electrons. The third-order valence-electron chi connectivity index (χ3n) is 4.49. The fraction of sp³-hybridized carbons (Fsp3) is 0.263. The number of fused-ring (bicyclic) bond motifs is 1. The molecule has 0 spiro atoms. The molecular formula is C19H19N3OS. The monoisotopic (exact) mass is 337 g/mol. The average Bonchev–Trinajstić information content (AvgIpc) is 3.16. The van der Waals surface area contributed by atoms with Gasteiger partial charge in [0, 0.05) is 37.8 Å². The number of hydrogen-bond donors (Lipinski definition) is 0.